The van der Waals surface area contributed by atoms with E-state index < -0.39 is 11.2 Å². The van der Waals surface area contributed by atoms with Crippen LogP contribution in [0.4, 0.5) is 17.1 Å². The van der Waals surface area contributed by atoms with Crippen molar-refractivity contribution < 1.29 is 29.3 Å². The summed E-state index contributed by atoms with van der Waals surface area (Å²) in [6.45, 7) is 22.7. The summed E-state index contributed by atoms with van der Waals surface area (Å²) in [6, 6.07) is 26.4. The number of nitrogens with one attached hydrogen (secondary N) is 1. The fourth-order valence-corrected chi connectivity index (χ4v) is 6.37. The van der Waals surface area contributed by atoms with Gasteiger partial charge in [0, 0.05) is 73.9 Å². The summed E-state index contributed by atoms with van der Waals surface area (Å²) >= 11 is 3.29. The van der Waals surface area contributed by atoms with E-state index in [2.05, 4.69) is 35.9 Å². The van der Waals surface area contributed by atoms with Gasteiger partial charge in [-0.1, -0.05) is 30.8 Å². The molecule has 2 saturated heterocycles. The Morgan fingerprint density at radius 3 is 1.28 bits per heavy atom. The third-order valence-electron chi connectivity index (χ3n) is 8.84. The molecule has 0 aliphatic carbocycles. The van der Waals surface area contributed by atoms with Crippen molar-refractivity contribution in [2.45, 2.75) is 81.4 Å². The van der Waals surface area contributed by atoms with Crippen molar-refractivity contribution in [3.63, 3.8) is 0 Å². The number of hydrogen-bond donors (Lipinski definition) is 3. The fourth-order valence-electron chi connectivity index (χ4n) is 5.89. The molecule has 312 valence electrons. The number of benzene rings is 4. The molecular formula is C46H65BrN4O6. The maximum atomic E-state index is 12.1. The third-order valence-corrected chi connectivity index (χ3v) is 9.33. The summed E-state index contributed by atoms with van der Waals surface area (Å²) in [4.78, 5) is 31.0. The number of phenols is 2. The summed E-state index contributed by atoms with van der Waals surface area (Å²) < 4.78 is 11.8. The fraction of sp³-hybridized carbons (Fsp3) is 0.435. The van der Waals surface area contributed by atoms with Gasteiger partial charge in [0.2, 0.25) is 0 Å². The van der Waals surface area contributed by atoms with Crippen LogP contribution in [-0.2, 0) is 9.47 Å². The van der Waals surface area contributed by atoms with E-state index in [4.69, 9.17) is 14.6 Å². The minimum absolute atomic E-state index is 0. The Hall–Kier alpha value is -4.74. The highest BCUT2D eigenvalue weighted by Crippen LogP contribution is 2.26. The van der Waals surface area contributed by atoms with Gasteiger partial charge in [0.25, 0.3) is 0 Å². The van der Waals surface area contributed by atoms with Crippen LogP contribution in [0.2, 0.25) is 0 Å². The Morgan fingerprint density at radius 1 is 0.561 bits per heavy atom. The summed E-state index contributed by atoms with van der Waals surface area (Å²) in [5.74, 6) is 0.126. The van der Waals surface area contributed by atoms with Gasteiger partial charge in [-0.15, -0.1) is 0 Å². The molecule has 0 amide bonds. The number of halogens is 1. The monoisotopic (exact) mass is 848 g/mol. The van der Waals surface area contributed by atoms with Crippen LogP contribution in [-0.4, -0.2) is 85.7 Å². The molecule has 4 aromatic carbocycles. The van der Waals surface area contributed by atoms with Gasteiger partial charge in [0.05, 0.1) is 11.1 Å². The van der Waals surface area contributed by atoms with E-state index in [-0.39, 0.29) is 26.8 Å². The van der Waals surface area contributed by atoms with Gasteiger partial charge in [-0.2, -0.15) is 0 Å². The quantitative estimate of drug-likeness (QED) is 0.168. The van der Waals surface area contributed by atoms with E-state index in [0.717, 1.165) is 85.0 Å². The van der Waals surface area contributed by atoms with Crippen molar-refractivity contribution in [3.8, 4) is 11.5 Å². The van der Waals surface area contributed by atoms with Crippen molar-refractivity contribution in [2.24, 2.45) is 0 Å². The van der Waals surface area contributed by atoms with Gasteiger partial charge in [0.1, 0.15) is 22.7 Å². The predicted molar refractivity (Wildman–Crippen MR) is 240 cm³/mol. The number of rotatable bonds is 5. The van der Waals surface area contributed by atoms with Crippen LogP contribution in [0.25, 0.3) is 0 Å². The Bertz CT molecular complexity index is 1860. The number of carbonyl (C=O) groups excluding carboxylic acids is 2. The maximum Gasteiger partial charge on any atom is 0.338 e. The molecule has 11 heteroatoms. The first-order valence-electron chi connectivity index (χ1n) is 18.8. The van der Waals surface area contributed by atoms with Crippen molar-refractivity contribution in [1.29, 1.82) is 0 Å². The van der Waals surface area contributed by atoms with E-state index in [1.165, 1.54) is 0 Å². The smallest absolute Gasteiger partial charge is 0.338 e. The molecule has 3 N–H and O–H groups in total. The zero-order valence-electron chi connectivity index (χ0n) is 33.5. The molecule has 2 aliphatic rings. The SMILES string of the molecule is C.C.CC(C)(C)OC(=O)c1ccc(N2CCNCC2)cc1.Cc1cc(Br)ccc1O.Cc1cc(N2CCN(c3ccc(C(=O)OC(C)(C)C)cc3)CC2)ccc1O. The lowest BCUT2D eigenvalue weighted by Gasteiger charge is -2.37. The molecule has 0 bridgehead atoms. The predicted octanol–water partition coefficient (Wildman–Crippen LogP) is 9.77. The molecule has 0 aromatic heterocycles. The Labute approximate surface area is 349 Å². The van der Waals surface area contributed by atoms with Crippen LogP contribution in [0, 0.1) is 13.8 Å². The number of nitrogens with zero attached hydrogens (tertiary/aromatic N) is 3. The van der Waals surface area contributed by atoms with Crippen molar-refractivity contribution in [2.75, 3.05) is 67.1 Å². The molecule has 2 heterocycles. The Balaban J connectivity index is 0.000000325. The van der Waals surface area contributed by atoms with Gasteiger partial charge in [0.15, 0.2) is 0 Å². The second-order valence-electron chi connectivity index (χ2n) is 15.7. The average molecular weight is 850 g/mol. The number of esters is 2. The first-order valence-corrected chi connectivity index (χ1v) is 19.5. The highest BCUT2D eigenvalue weighted by Gasteiger charge is 2.21. The molecule has 6 rings (SSSR count). The molecule has 0 spiro atoms. The molecule has 0 radical (unpaired) electrons. The highest BCUT2D eigenvalue weighted by molar-refractivity contribution is 9.10. The molecule has 0 unspecified atom stereocenters. The third kappa shape index (κ3) is 15.6. The van der Waals surface area contributed by atoms with E-state index >= 15 is 0 Å². The molecular weight excluding hydrogens is 784 g/mol. The lowest BCUT2D eigenvalue weighted by Crippen LogP contribution is -2.46. The van der Waals surface area contributed by atoms with Gasteiger partial charge in [-0.25, -0.2) is 9.59 Å². The zero-order valence-corrected chi connectivity index (χ0v) is 35.1. The molecule has 4 aromatic rings. The van der Waals surface area contributed by atoms with Crippen molar-refractivity contribution >= 4 is 44.9 Å². The maximum absolute atomic E-state index is 12.1. The van der Waals surface area contributed by atoms with Crippen LogP contribution >= 0.6 is 15.9 Å². The number of anilines is 3. The first kappa shape index (κ1) is 48.4. The average Bonchev–Trinajstić information content (AvgIpc) is 3.14. The Morgan fingerprint density at radius 2 is 0.912 bits per heavy atom. The minimum Gasteiger partial charge on any atom is -0.508 e. The number of carbonyl (C=O) groups is 2. The highest BCUT2D eigenvalue weighted by atomic mass is 79.9. The lowest BCUT2D eigenvalue weighted by molar-refractivity contribution is 0.00570. The number of aromatic hydroxyl groups is 2. The summed E-state index contributed by atoms with van der Waals surface area (Å²) in [7, 11) is 0. The van der Waals surface area contributed by atoms with Crippen LogP contribution in [0.15, 0.2) is 89.4 Å². The molecule has 2 aliphatic heterocycles. The van der Waals surface area contributed by atoms with Gasteiger partial charge < -0.3 is 39.7 Å². The van der Waals surface area contributed by atoms with Gasteiger partial charge in [-0.05, 0) is 151 Å². The van der Waals surface area contributed by atoms with E-state index in [1.807, 2.05) is 128 Å². The summed E-state index contributed by atoms with van der Waals surface area (Å²) in [5.41, 5.74) is 5.45. The van der Waals surface area contributed by atoms with Crippen LogP contribution in [0.3, 0.4) is 0 Å². The largest absolute Gasteiger partial charge is 0.508 e. The van der Waals surface area contributed by atoms with Gasteiger partial charge >= 0.3 is 11.9 Å². The molecule has 10 nitrogen and oxygen atoms in total. The first-order chi connectivity index (χ1) is 25.9. The second kappa shape index (κ2) is 21.7. The van der Waals surface area contributed by atoms with Crippen LogP contribution in [0.5, 0.6) is 11.5 Å². The number of aryl methyl sites for hydroxylation is 2. The van der Waals surface area contributed by atoms with Gasteiger partial charge in [-0.3, -0.25) is 0 Å². The van der Waals surface area contributed by atoms with Crippen molar-refractivity contribution in [1.82, 2.24) is 5.32 Å². The topological polar surface area (TPSA) is 115 Å². The molecule has 57 heavy (non-hydrogen) atoms. The molecule has 0 atom stereocenters. The van der Waals surface area contributed by atoms with Crippen LogP contribution < -0.4 is 20.0 Å². The lowest BCUT2D eigenvalue weighted by atomic mass is 10.1. The second-order valence-corrected chi connectivity index (χ2v) is 16.6. The Kier molecular flexibility index (Phi) is 18.4. The summed E-state index contributed by atoms with van der Waals surface area (Å²) in [5, 5.41) is 22.0. The number of phenolic OH excluding ortho intramolecular Hbond substituents is 2. The number of ether oxygens (including phenoxy) is 2. The van der Waals surface area contributed by atoms with Crippen molar-refractivity contribution in [3.05, 3.63) is 112 Å². The molecule has 0 saturated carbocycles. The standard InChI is InChI=1S/C22H28N2O3.C15H22N2O2.C7H7BrO.2CH4/c1-16-15-19(9-10-20(16)25)24-13-11-23(12-14-24)18-7-5-17(6-8-18)21(26)27-22(2,3)4;1-15(2,3)19-14(18)12-4-6-13(7-5-12)17-10-8-16-9-11-17;1-5-4-6(8)2-3-7(5)9;;/h5-10,15,25H,11-14H2,1-4H3;4-7,16H,8-11H2,1-3H3;2-4,9H,1H3;2*1H4. The summed E-state index contributed by atoms with van der Waals surface area (Å²) in [6.07, 6.45) is 0. The normalized spacial score (nSPS) is 14.0. The van der Waals surface area contributed by atoms with E-state index in [1.54, 1.807) is 12.1 Å². The minimum atomic E-state index is -0.487. The zero-order chi connectivity index (χ0) is 40.3. The van der Waals surface area contributed by atoms with Crippen LogP contribution in [0.1, 0.15) is 88.2 Å². The van der Waals surface area contributed by atoms with E-state index in [9.17, 15) is 14.7 Å². The van der Waals surface area contributed by atoms with E-state index in [0.29, 0.717) is 22.6 Å². The number of piperazine rings is 2. The number of hydrogen-bond acceptors (Lipinski definition) is 10. The molecule has 2 fully saturated rings.